The molecule has 0 unspecified atom stereocenters. The highest BCUT2D eigenvalue weighted by Crippen LogP contribution is 2.28. The lowest BCUT2D eigenvalue weighted by atomic mass is 10.1. The predicted molar refractivity (Wildman–Crippen MR) is 133 cm³/mol. The van der Waals surface area contributed by atoms with Crippen LogP contribution in [0.5, 0.6) is 0 Å². The molecule has 0 aliphatic heterocycles. The van der Waals surface area contributed by atoms with Crippen LogP contribution in [0.25, 0.3) is 0 Å². The van der Waals surface area contributed by atoms with E-state index in [0.29, 0.717) is 18.8 Å². The van der Waals surface area contributed by atoms with E-state index in [0.717, 1.165) is 11.1 Å². The van der Waals surface area contributed by atoms with Gasteiger partial charge in [0.15, 0.2) is 0 Å². The zero-order valence-electron chi connectivity index (χ0n) is 19.6. The number of hydrogen-bond donors (Lipinski definition) is 3. The maximum atomic E-state index is 12.0. The summed E-state index contributed by atoms with van der Waals surface area (Å²) in [5.74, 6) is -3.97. The Morgan fingerprint density at radius 3 is 1.70 bits per heavy atom. The van der Waals surface area contributed by atoms with Gasteiger partial charge in [-0.25, -0.2) is 18.0 Å². The van der Waals surface area contributed by atoms with Crippen LogP contribution in [0.4, 0.5) is 24.5 Å². The average Bonchev–Trinajstić information content (AvgIpc) is 2.84. The number of aromatic carboxylic acids is 1. The van der Waals surface area contributed by atoms with Crippen molar-refractivity contribution in [3.8, 4) is 0 Å². The quantitative estimate of drug-likeness (QED) is 0.351. The Morgan fingerprint density at radius 1 is 0.865 bits per heavy atom. The van der Waals surface area contributed by atoms with Crippen molar-refractivity contribution in [3.05, 3.63) is 95.6 Å². The van der Waals surface area contributed by atoms with Gasteiger partial charge in [0.1, 0.15) is 0 Å². The van der Waals surface area contributed by atoms with Gasteiger partial charge < -0.3 is 15.1 Å². The first kappa shape index (κ1) is 29.2. The number of rotatable bonds is 9. The molecule has 0 aliphatic rings. The molecule has 0 radical (unpaired) electrons. The van der Waals surface area contributed by atoms with Gasteiger partial charge in [0, 0.05) is 18.8 Å². The Morgan fingerprint density at radius 2 is 1.32 bits per heavy atom. The fraction of sp³-hybridized carbons (Fsp3) is 0.200. The molecule has 3 aromatic rings. The number of carboxylic acids is 2. The maximum Gasteiger partial charge on any atom is 0.490 e. The average molecular weight is 539 g/mol. The number of aliphatic carboxylic acids is 1. The molecule has 198 valence electrons. The van der Waals surface area contributed by atoms with Crippen molar-refractivity contribution in [1.29, 1.82) is 0 Å². The second-order valence-corrected chi connectivity index (χ2v) is 9.68. The Balaban J connectivity index is 0.000000604. The van der Waals surface area contributed by atoms with Crippen LogP contribution in [0.1, 0.15) is 28.4 Å². The molecule has 8 nitrogen and oxygen atoms in total. The normalized spacial score (nSPS) is 11.1. The van der Waals surface area contributed by atoms with Gasteiger partial charge in [-0.15, -0.1) is 0 Å². The summed E-state index contributed by atoms with van der Waals surface area (Å²) in [6.45, 7) is 2.54. The van der Waals surface area contributed by atoms with Gasteiger partial charge in [0.25, 0.3) is 0 Å². The third kappa shape index (κ3) is 9.49. The van der Waals surface area contributed by atoms with Crippen molar-refractivity contribution in [3.63, 3.8) is 0 Å². The molecule has 0 aromatic heterocycles. The van der Waals surface area contributed by atoms with Gasteiger partial charge in [-0.3, -0.25) is 4.72 Å². The van der Waals surface area contributed by atoms with Gasteiger partial charge in [-0.2, -0.15) is 13.2 Å². The van der Waals surface area contributed by atoms with Crippen LogP contribution in [-0.2, 0) is 27.9 Å². The summed E-state index contributed by atoms with van der Waals surface area (Å²) in [4.78, 5) is 22.9. The van der Waals surface area contributed by atoms with Gasteiger partial charge in [0.05, 0.1) is 17.0 Å². The van der Waals surface area contributed by atoms with Gasteiger partial charge in [-0.05, 0) is 36.2 Å². The van der Waals surface area contributed by atoms with Crippen molar-refractivity contribution in [2.45, 2.75) is 26.2 Å². The van der Waals surface area contributed by atoms with Crippen LogP contribution in [0, 0.1) is 0 Å². The summed E-state index contributed by atoms with van der Waals surface area (Å²) in [5, 5.41) is 16.9. The number of carbonyl (C=O) groups is 2. The van der Waals surface area contributed by atoms with E-state index in [2.05, 4.69) is 4.72 Å². The van der Waals surface area contributed by atoms with Gasteiger partial charge in [-0.1, -0.05) is 60.7 Å². The molecule has 3 N–H and O–H groups in total. The summed E-state index contributed by atoms with van der Waals surface area (Å²) in [5.41, 5.74) is 2.88. The minimum absolute atomic E-state index is 0.0400. The van der Waals surface area contributed by atoms with Crippen LogP contribution in [0.2, 0.25) is 0 Å². The van der Waals surface area contributed by atoms with Crippen molar-refractivity contribution in [1.82, 2.24) is 0 Å². The smallest absolute Gasteiger partial charge is 0.478 e. The largest absolute Gasteiger partial charge is 0.490 e. The number of nitrogens with zero attached hydrogens (tertiary/aromatic N) is 1. The molecule has 3 aromatic carbocycles. The Kier molecular flexibility index (Phi) is 10.1. The lowest BCUT2D eigenvalue weighted by Gasteiger charge is -2.27. The van der Waals surface area contributed by atoms with Crippen molar-refractivity contribution in [2.24, 2.45) is 0 Å². The molecule has 0 saturated carbocycles. The fourth-order valence-corrected chi connectivity index (χ4v) is 3.76. The van der Waals surface area contributed by atoms with E-state index in [-0.39, 0.29) is 17.0 Å². The molecule has 0 bridgehead atoms. The minimum Gasteiger partial charge on any atom is -0.478 e. The number of benzene rings is 3. The molecule has 0 atom stereocenters. The molecule has 0 fully saturated rings. The molecule has 0 aliphatic carbocycles. The van der Waals surface area contributed by atoms with Crippen molar-refractivity contribution < 1.29 is 41.4 Å². The predicted octanol–water partition coefficient (Wildman–Crippen LogP) is 4.99. The number of nitrogens with one attached hydrogen (secondary N) is 1. The Bertz CT molecular complexity index is 1260. The van der Waals surface area contributed by atoms with Crippen LogP contribution < -0.4 is 9.62 Å². The summed E-state index contributed by atoms with van der Waals surface area (Å²) >= 11 is 0. The van der Waals surface area contributed by atoms with Crippen molar-refractivity contribution >= 4 is 33.3 Å². The molecule has 3 rings (SSSR count). The second kappa shape index (κ2) is 12.8. The second-order valence-electron chi connectivity index (χ2n) is 7.67. The first-order chi connectivity index (χ1) is 17.3. The van der Waals surface area contributed by atoms with Crippen molar-refractivity contribution in [2.75, 3.05) is 15.4 Å². The summed E-state index contributed by atoms with van der Waals surface area (Å²) in [6.07, 6.45) is -5.08. The Hall–Kier alpha value is -4.06. The van der Waals surface area contributed by atoms with E-state index in [1.165, 1.54) is 13.0 Å². The summed E-state index contributed by atoms with van der Waals surface area (Å²) < 4.78 is 57.9. The molecule has 0 heterocycles. The number of alkyl halides is 3. The number of halogens is 3. The highest BCUT2D eigenvalue weighted by molar-refractivity contribution is 7.92. The number of carboxylic acid groups (broad SMARTS) is 2. The molecule has 0 saturated heterocycles. The van der Waals surface area contributed by atoms with Gasteiger partial charge >= 0.3 is 18.1 Å². The first-order valence-electron chi connectivity index (χ1n) is 10.8. The highest BCUT2D eigenvalue weighted by atomic mass is 32.2. The molecule has 0 amide bonds. The minimum atomic E-state index is -5.08. The van der Waals surface area contributed by atoms with Crippen LogP contribution in [-0.4, -0.2) is 42.5 Å². The number of sulfonamides is 1. The zero-order chi connectivity index (χ0) is 27.6. The van der Waals surface area contributed by atoms with E-state index in [1.807, 2.05) is 65.6 Å². The molecular weight excluding hydrogens is 513 g/mol. The lowest BCUT2D eigenvalue weighted by Crippen LogP contribution is -2.24. The molecule has 37 heavy (non-hydrogen) atoms. The topological polar surface area (TPSA) is 124 Å². The number of anilines is 2. The third-order valence-electron chi connectivity index (χ3n) is 4.90. The van der Waals surface area contributed by atoms with E-state index in [9.17, 15) is 31.5 Å². The van der Waals surface area contributed by atoms with E-state index >= 15 is 0 Å². The molecule has 0 spiro atoms. The van der Waals surface area contributed by atoms with E-state index in [1.54, 1.807) is 12.1 Å². The van der Waals surface area contributed by atoms with Crippen LogP contribution in [0.15, 0.2) is 78.9 Å². The van der Waals surface area contributed by atoms with Crippen LogP contribution in [0.3, 0.4) is 0 Å². The van der Waals surface area contributed by atoms with E-state index in [4.69, 9.17) is 9.90 Å². The summed E-state index contributed by atoms with van der Waals surface area (Å²) in [6, 6.07) is 24.2. The molecular formula is C25H25F3N2O6S. The standard InChI is InChI=1S/C23H24N2O4S.C2HF3O2/c1-2-30(28,29)24-20-13-14-22(21(15-20)23(26)27)25(16-18-9-5-3-6-10-18)17-19-11-7-4-8-12-19;3-2(4,5)1(6)7/h3-15,24H,2,16-17H2,1H3,(H,26,27);(H,6,7). The fourth-order valence-electron chi connectivity index (χ4n) is 3.13. The Labute approximate surface area is 212 Å². The van der Waals surface area contributed by atoms with Gasteiger partial charge in [0.2, 0.25) is 10.0 Å². The SMILES string of the molecule is CCS(=O)(=O)Nc1ccc(N(Cc2ccccc2)Cc2ccccc2)c(C(=O)O)c1.O=C(O)C(F)(F)F. The monoisotopic (exact) mass is 538 g/mol. The first-order valence-corrected chi connectivity index (χ1v) is 12.5. The highest BCUT2D eigenvalue weighted by Gasteiger charge is 2.38. The zero-order valence-corrected chi connectivity index (χ0v) is 20.5. The van der Waals surface area contributed by atoms with Crippen LogP contribution >= 0.6 is 0 Å². The number of hydrogen-bond acceptors (Lipinski definition) is 5. The lowest BCUT2D eigenvalue weighted by molar-refractivity contribution is -0.192. The third-order valence-corrected chi connectivity index (χ3v) is 6.20. The molecule has 12 heteroatoms. The summed E-state index contributed by atoms with van der Waals surface area (Å²) in [7, 11) is -3.50. The van der Waals surface area contributed by atoms with E-state index < -0.39 is 28.1 Å². The maximum absolute atomic E-state index is 12.0.